The molecule has 1 unspecified atom stereocenters. The first-order chi connectivity index (χ1) is 30.6. The van der Waals surface area contributed by atoms with Crippen molar-refractivity contribution < 1.29 is 33.8 Å². The van der Waals surface area contributed by atoms with Gasteiger partial charge in [0, 0.05) is 62.3 Å². The van der Waals surface area contributed by atoms with Gasteiger partial charge in [0.25, 0.3) is 5.91 Å². The summed E-state index contributed by atoms with van der Waals surface area (Å²) >= 11 is 7.67. The van der Waals surface area contributed by atoms with E-state index in [1.807, 2.05) is 82.6 Å². The predicted molar refractivity (Wildman–Crippen MR) is 247 cm³/mol. The summed E-state index contributed by atoms with van der Waals surface area (Å²) in [6.07, 6.45) is 3.02. The number of hydrogen-bond donors (Lipinski definition) is 5. The number of aliphatic hydroxyl groups excluding tert-OH is 1. The van der Waals surface area contributed by atoms with Crippen LogP contribution in [0.3, 0.4) is 0 Å². The number of β-amino-alcohol motifs (C(OH)–C–C–N with tert-alkyl or cyclic N) is 1. The van der Waals surface area contributed by atoms with Crippen LogP contribution < -0.4 is 26.0 Å². The Balaban J connectivity index is 0.858. The number of aliphatic hydroxyl groups is 1. The Hall–Kier alpha value is -5.53. The van der Waals surface area contributed by atoms with E-state index in [4.69, 9.17) is 26.3 Å². The molecule has 4 amide bonds. The maximum atomic E-state index is 14.0. The second kappa shape index (κ2) is 21.9. The molecule has 0 bridgehead atoms. The maximum Gasteiger partial charge on any atom is 0.251 e. The highest BCUT2D eigenvalue weighted by Gasteiger charge is 2.44. The third kappa shape index (κ3) is 12.8. The molecule has 340 valence electrons. The van der Waals surface area contributed by atoms with E-state index in [1.165, 1.54) is 4.90 Å². The molecule has 0 radical (unpaired) electrons. The van der Waals surface area contributed by atoms with Crippen LogP contribution in [0.25, 0.3) is 10.4 Å². The smallest absolute Gasteiger partial charge is 0.251 e. The summed E-state index contributed by atoms with van der Waals surface area (Å²) in [7, 11) is 0. The van der Waals surface area contributed by atoms with E-state index in [1.54, 1.807) is 41.7 Å². The van der Waals surface area contributed by atoms with E-state index in [0.29, 0.717) is 41.3 Å². The average Bonchev–Trinajstić information content (AvgIpc) is 3.87. The number of thiazole rings is 1. The number of nitriles is 1. The van der Waals surface area contributed by atoms with Gasteiger partial charge in [-0.3, -0.25) is 19.2 Å². The van der Waals surface area contributed by atoms with Gasteiger partial charge in [-0.2, -0.15) is 5.26 Å². The molecular weight excluding hydrogens is 854 g/mol. The van der Waals surface area contributed by atoms with E-state index in [2.05, 4.69) is 26.3 Å². The van der Waals surface area contributed by atoms with Gasteiger partial charge in [0.1, 0.15) is 36.6 Å². The number of unbranched alkanes of at least 4 members (excludes halogenated alkanes) is 2. The largest absolute Gasteiger partial charge is 0.490 e. The van der Waals surface area contributed by atoms with E-state index >= 15 is 0 Å². The number of nitrogens with zero attached hydrogens (tertiary/aromatic N) is 3. The number of benzene rings is 3. The topological polar surface area (TPSA) is 195 Å². The summed E-state index contributed by atoms with van der Waals surface area (Å²) in [5.74, 6) is -0.770. The predicted octanol–water partition coefficient (Wildman–Crippen LogP) is 6.95. The third-order valence-electron chi connectivity index (χ3n) is 11.5. The van der Waals surface area contributed by atoms with Crippen LogP contribution in [0.15, 0.2) is 72.2 Å². The normalized spacial score (nSPS) is 19.1. The molecular formula is C48H58ClN7O7S. The molecule has 16 heteroatoms. The zero-order valence-electron chi connectivity index (χ0n) is 37.0. The van der Waals surface area contributed by atoms with Gasteiger partial charge in [-0.15, -0.1) is 11.3 Å². The van der Waals surface area contributed by atoms with Crippen molar-refractivity contribution in [2.24, 2.45) is 5.41 Å². The molecule has 4 atom stereocenters. The molecule has 1 saturated carbocycles. The minimum atomic E-state index is -0.947. The quantitative estimate of drug-likeness (QED) is 0.0615. The van der Waals surface area contributed by atoms with Gasteiger partial charge in [-0.05, 0) is 86.1 Å². The van der Waals surface area contributed by atoms with Gasteiger partial charge in [0.15, 0.2) is 0 Å². The second-order valence-corrected chi connectivity index (χ2v) is 18.9. The molecule has 2 aliphatic rings. The van der Waals surface area contributed by atoms with Gasteiger partial charge in [0.2, 0.25) is 17.7 Å². The number of anilines is 1. The van der Waals surface area contributed by atoms with Crippen LogP contribution >= 0.6 is 22.9 Å². The van der Waals surface area contributed by atoms with Crippen molar-refractivity contribution >= 4 is 52.3 Å². The molecule has 14 nitrogen and oxygen atoms in total. The van der Waals surface area contributed by atoms with Crippen molar-refractivity contribution in [2.45, 2.75) is 110 Å². The fourth-order valence-electron chi connectivity index (χ4n) is 7.76. The number of halogens is 1. The Labute approximate surface area is 384 Å². The Morgan fingerprint density at radius 3 is 2.39 bits per heavy atom. The minimum Gasteiger partial charge on any atom is -0.490 e. The number of aryl methyl sites for hydroxylation is 1. The number of ether oxygens (including phenoxy) is 2. The molecule has 2 fully saturated rings. The van der Waals surface area contributed by atoms with Crippen LogP contribution in [0.1, 0.15) is 99.4 Å². The summed E-state index contributed by atoms with van der Waals surface area (Å²) < 4.78 is 11.6. The number of aromatic nitrogens is 1. The molecule has 2 heterocycles. The van der Waals surface area contributed by atoms with Crippen molar-refractivity contribution in [3.05, 3.63) is 99.6 Å². The molecule has 1 aliphatic carbocycles. The molecule has 4 aromatic rings. The zero-order chi connectivity index (χ0) is 46.0. The summed E-state index contributed by atoms with van der Waals surface area (Å²) in [4.78, 5) is 60.3. The lowest BCUT2D eigenvalue weighted by atomic mass is 9.85. The number of likely N-dealkylation sites (tertiary alicyclic amines) is 1. The molecule has 1 saturated heterocycles. The Morgan fingerprint density at radius 1 is 1.00 bits per heavy atom. The standard InChI is InChI=1S/C48H58ClN7O7S/c1-29(31-9-11-32(12-10-31)43-30(2)52-28-64-43)53-46(60)41-23-37(57)26-56(41)47(61)44(48(3,4)5)55-42(58)27-62-20-8-6-7-19-51-35-16-13-33(14-17-35)45(59)54-36-21-39(22-36)63-38-18-15-34(25-50)40(49)24-38/h9-18,24,28-29,36-37,39,41,44,51,57H,6-8,19-23,26-27H2,1-5H3,(H,53,60)(H,54,59)(H,55,58)/t29-,36?,37+,39?,41-,44?/m0/s1. The fraction of sp³-hybridized carbons (Fsp3) is 0.458. The number of carbonyl (C=O) groups is 4. The first kappa shape index (κ1) is 47.9. The fourth-order valence-corrected chi connectivity index (χ4v) is 8.79. The number of amides is 4. The van der Waals surface area contributed by atoms with E-state index in [0.717, 1.165) is 53.2 Å². The van der Waals surface area contributed by atoms with E-state index in [9.17, 15) is 24.3 Å². The molecule has 64 heavy (non-hydrogen) atoms. The SMILES string of the molecule is Cc1ncsc1-c1ccc([C@H](C)NC(=O)[C@@H]2C[C@@H](O)CN2C(=O)C(NC(=O)COCCCCCNc2ccc(C(=O)NC3CC(Oc4ccc(C#N)c(Cl)c4)C3)cc2)C(C)(C)C)cc1. The number of hydrogen-bond acceptors (Lipinski definition) is 11. The molecule has 3 aromatic carbocycles. The van der Waals surface area contributed by atoms with Crippen molar-refractivity contribution in [1.82, 2.24) is 25.8 Å². The average molecular weight is 913 g/mol. The van der Waals surface area contributed by atoms with Gasteiger partial charge < -0.3 is 40.7 Å². The first-order valence-electron chi connectivity index (χ1n) is 21.8. The van der Waals surface area contributed by atoms with Gasteiger partial charge >= 0.3 is 0 Å². The van der Waals surface area contributed by atoms with Crippen molar-refractivity contribution in [2.75, 3.05) is 31.6 Å². The lowest BCUT2D eigenvalue weighted by Gasteiger charge is -2.35. The highest BCUT2D eigenvalue weighted by Crippen LogP contribution is 2.31. The molecule has 5 N–H and O–H groups in total. The highest BCUT2D eigenvalue weighted by atomic mass is 35.5. The van der Waals surface area contributed by atoms with Gasteiger partial charge in [0.05, 0.1) is 38.8 Å². The Bertz CT molecular complexity index is 2290. The molecule has 6 rings (SSSR count). The highest BCUT2D eigenvalue weighted by molar-refractivity contribution is 7.13. The summed E-state index contributed by atoms with van der Waals surface area (Å²) in [6, 6.07) is 20.1. The summed E-state index contributed by atoms with van der Waals surface area (Å²) in [5.41, 5.74) is 5.91. The Kier molecular flexibility index (Phi) is 16.4. The third-order valence-corrected chi connectivity index (χ3v) is 12.8. The van der Waals surface area contributed by atoms with Crippen LogP contribution in [-0.4, -0.2) is 95.3 Å². The lowest BCUT2D eigenvalue weighted by molar-refractivity contribution is -0.144. The maximum absolute atomic E-state index is 14.0. The monoisotopic (exact) mass is 911 g/mol. The van der Waals surface area contributed by atoms with Crippen molar-refractivity contribution in [3.63, 3.8) is 0 Å². The van der Waals surface area contributed by atoms with Crippen LogP contribution in [0.5, 0.6) is 5.75 Å². The van der Waals surface area contributed by atoms with Gasteiger partial charge in [-0.25, -0.2) is 4.98 Å². The number of nitrogens with one attached hydrogen (secondary N) is 4. The van der Waals surface area contributed by atoms with Crippen LogP contribution in [-0.2, 0) is 19.1 Å². The van der Waals surface area contributed by atoms with Crippen LogP contribution in [0.2, 0.25) is 5.02 Å². The first-order valence-corrected chi connectivity index (χ1v) is 23.0. The molecule has 0 spiro atoms. The number of carbonyl (C=O) groups excluding carboxylic acids is 4. The zero-order valence-corrected chi connectivity index (χ0v) is 38.6. The summed E-state index contributed by atoms with van der Waals surface area (Å²) in [6.45, 7) is 10.2. The van der Waals surface area contributed by atoms with Crippen molar-refractivity contribution in [3.8, 4) is 22.3 Å². The van der Waals surface area contributed by atoms with Crippen molar-refractivity contribution in [1.29, 1.82) is 5.26 Å². The van der Waals surface area contributed by atoms with E-state index < -0.39 is 35.4 Å². The second-order valence-electron chi connectivity index (χ2n) is 17.6. The Morgan fingerprint density at radius 2 is 1.73 bits per heavy atom. The van der Waals surface area contributed by atoms with Crippen LogP contribution in [0.4, 0.5) is 5.69 Å². The lowest BCUT2D eigenvalue weighted by Crippen LogP contribution is -2.58. The van der Waals surface area contributed by atoms with E-state index in [-0.39, 0.29) is 49.6 Å². The number of rotatable bonds is 19. The summed E-state index contributed by atoms with van der Waals surface area (Å²) in [5, 5.41) is 32.3. The molecule has 1 aromatic heterocycles. The molecule has 1 aliphatic heterocycles. The minimum absolute atomic E-state index is 0.0107. The van der Waals surface area contributed by atoms with Gasteiger partial charge in [-0.1, -0.05) is 56.6 Å². The van der Waals surface area contributed by atoms with Crippen LogP contribution in [0, 0.1) is 23.7 Å².